The molecule has 4 heteroatoms. The van der Waals surface area contributed by atoms with Crippen LogP contribution in [0.5, 0.6) is 0 Å². The van der Waals surface area contributed by atoms with E-state index in [9.17, 15) is 9.18 Å². The second-order valence-corrected chi connectivity index (χ2v) is 5.13. The molecule has 1 heterocycles. The monoisotopic (exact) mass is 266 g/mol. The Bertz CT molecular complexity index is 424. The zero-order chi connectivity index (χ0) is 13.7. The Morgan fingerprint density at radius 2 is 1.84 bits per heavy atom. The van der Waals surface area contributed by atoms with Gasteiger partial charge < -0.3 is 9.84 Å². The van der Waals surface area contributed by atoms with Crippen LogP contribution in [0.2, 0.25) is 0 Å². The summed E-state index contributed by atoms with van der Waals surface area (Å²) in [5.41, 5.74) is 0.283. The molecule has 3 nitrogen and oxygen atoms in total. The second-order valence-electron chi connectivity index (χ2n) is 5.13. The van der Waals surface area contributed by atoms with Crippen molar-refractivity contribution in [1.29, 1.82) is 0 Å². The number of rotatable bonds is 8. The highest BCUT2D eigenvalue weighted by Gasteiger charge is 2.51. The summed E-state index contributed by atoms with van der Waals surface area (Å²) in [7, 11) is 0. The molecule has 1 fully saturated rings. The third-order valence-electron chi connectivity index (χ3n) is 3.59. The Morgan fingerprint density at radius 3 is 2.42 bits per heavy atom. The average molecular weight is 266 g/mol. The van der Waals surface area contributed by atoms with Gasteiger partial charge in [-0.25, -0.2) is 9.18 Å². The lowest BCUT2D eigenvalue weighted by Gasteiger charge is -2.06. The first-order valence-electron chi connectivity index (χ1n) is 6.74. The van der Waals surface area contributed by atoms with Gasteiger partial charge in [0.2, 0.25) is 0 Å². The van der Waals surface area contributed by atoms with Crippen molar-refractivity contribution < 1.29 is 19.0 Å². The molecule has 1 N–H and O–H groups in total. The summed E-state index contributed by atoms with van der Waals surface area (Å²) < 4.78 is 17.7. The van der Waals surface area contributed by atoms with Gasteiger partial charge in [0.25, 0.3) is 0 Å². The number of aliphatic carboxylic acids is 1. The number of carboxylic acids is 1. The van der Waals surface area contributed by atoms with Crippen LogP contribution in [0.3, 0.4) is 0 Å². The predicted molar refractivity (Wildman–Crippen MR) is 69.5 cm³/mol. The summed E-state index contributed by atoms with van der Waals surface area (Å²) in [5.74, 6) is -1.04. The molecule has 0 aliphatic carbocycles. The smallest absolute Gasteiger partial charge is 0.338 e. The van der Waals surface area contributed by atoms with Crippen LogP contribution in [0, 0.1) is 5.82 Å². The number of hydrogen-bond acceptors (Lipinski definition) is 2. The Morgan fingerprint density at radius 1 is 1.21 bits per heavy atom. The van der Waals surface area contributed by atoms with E-state index >= 15 is 0 Å². The number of unbranched alkanes of at least 4 members (excludes halogenated alkanes) is 3. The molecule has 0 amide bonds. The van der Waals surface area contributed by atoms with E-state index in [-0.39, 0.29) is 5.82 Å². The van der Waals surface area contributed by atoms with Gasteiger partial charge in [-0.3, -0.25) is 0 Å². The second kappa shape index (κ2) is 6.15. The van der Waals surface area contributed by atoms with E-state index in [1.165, 1.54) is 12.1 Å². The highest BCUT2D eigenvalue weighted by atomic mass is 19.1. The number of halogens is 1. The molecule has 0 spiro atoms. The van der Waals surface area contributed by atoms with Crippen LogP contribution in [-0.4, -0.2) is 23.3 Å². The lowest BCUT2D eigenvalue weighted by atomic mass is 10.0. The quantitative estimate of drug-likeness (QED) is 0.580. The van der Waals surface area contributed by atoms with Crippen LogP contribution in [0.1, 0.15) is 37.7 Å². The van der Waals surface area contributed by atoms with Crippen molar-refractivity contribution in [2.45, 2.75) is 44.1 Å². The van der Waals surface area contributed by atoms with Crippen molar-refractivity contribution >= 4 is 5.97 Å². The van der Waals surface area contributed by atoms with Crippen molar-refractivity contribution in [2.24, 2.45) is 0 Å². The van der Waals surface area contributed by atoms with E-state index in [1.54, 1.807) is 0 Å². The maximum Gasteiger partial charge on any atom is 0.338 e. The molecular weight excluding hydrogens is 247 g/mol. The number of carboxylic acid groups (broad SMARTS) is 1. The van der Waals surface area contributed by atoms with Gasteiger partial charge in [-0.1, -0.05) is 25.0 Å². The maximum atomic E-state index is 12.7. The summed E-state index contributed by atoms with van der Waals surface area (Å²) >= 11 is 0. The fourth-order valence-electron chi connectivity index (χ4n) is 2.21. The van der Waals surface area contributed by atoms with Crippen molar-refractivity contribution in [3.8, 4) is 0 Å². The van der Waals surface area contributed by atoms with Crippen LogP contribution in [-0.2, 0) is 16.0 Å². The molecule has 1 aromatic rings. The first-order valence-corrected chi connectivity index (χ1v) is 6.74. The van der Waals surface area contributed by atoms with E-state index in [1.807, 2.05) is 12.1 Å². The van der Waals surface area contributed by atoms with E-state index in [2.05, 4.69) is 0 Å². The van der Waals surface area contributed by atoms with E-state index in [0.29, 0.717) is 13.0 Å². The zero-order valence-electron chi connectivity index (χ0n) is 10.9. The van der Waals surface area contributed by atoms with Gasteiger partial charge in [-0.05, 0) is 43.4 Å². The maximum absolute atomic E-state index is 12.7. The minimum atomic E-state index is -0.864. The number of hydrogen-bond donors (Lipinski definition) is 1. The standard InChI is InChI=1S/C15H19FO3/c16-13-8-6-12(7-9-13)5-3-1-2-4-10-15(11-19-15)14(17)18/h6-9H,1-5,10-11H2,(H,17,18). The average Bonchev–Trinajstić information content (AvgIpc) is 3.17. The molecule has 0 bridgehead atoms. The predicted octanol–water partition coefficient (Wildman–Crippen LogP) is 3.17. The van der Waals surface area contributed by atoms with Gasteiger partial charge in [-0.2, -0.15) is 0 Å². The number of carbonyl (C=O) groups is 1. The zero-order valence-corrected chi connectivity index (χ0v) is 10.9. The Hall–Kier alpha value is -1.42. The van der Waals surface area contributed by atoms with E-state index < -0.39 is 11.6 Å². The molecule has 19 heavy (non-hydrogen) atoms. The largest absolute Gasteiger partial charge is 0.479 e. The topological polar surface area (TPSA) is 49.8 Å². The number of benzene rings is 1. The summed E-state index contributed by atoms with van der Waals surface area (Å²) in [6, 6.07) is 6.59. The third kappa shape index (κ3) is 4.03. The highest BCUT2D eigenvalue weighted by Crippen LogP contribution is 2.33. The van der Waals surface area contributed by atoms with Crippen LogP contribution < -0.4 is 0 Å². The molecule has 1 aromatic carbocycles. The first-order chi connectivity index (χ1) is 9.12. The molecular formula is C15H19FO3. The van der Waals surface area contributed by atoms with Crippen LogP contribution in [0.4, 0.5) is 4.39 Å². The molecule has 1 saturated heterocycles. The molecule has 1 atom stereocenters. The van der Waals surface area contributed by atoms with Gasteiger partial charge >= 0.3 is 5.97 Å². The minimum Gasteiger partial charge on any atom is -0.479 e. The number of epoxide rings is 1. The fourth-order valence-corrected chi connectivity index (χ4v) is 2.21. The summed E-state index contributed by atoms with van der Waals surface area (Å²) in [6.07, 6.45) is 5.56. The van der Waals surface area contributed by atoms with Crippen molar-refractivity contribution in [3.63, 3.8) is 0 Å². The normalized spacial score (nSPS) is 21.3. The summed E-state index contributed by atoms with van der Waals surface area (Å²) in [6.45, 7) is 0.359. The lowest BCUT2D eigenvalue weighted by Crippen LogP contribution is -2.23. The first kappa shape index (κ1) is 14.0. The van der Waals surface area contributed by atoms with Gasteiger partial charge in [0.1, 0.15) is 5.82 Å². The number of ether oxygens (including phenoxy) is 1. The molecule has 2 rings (SSSR count). The number of aryl methyl sites for hydroxylation is 1. The summed E-state index contributed by atoms with van der Waals surface area (Å²) in [4.78, 5) is 10.9. The van der Waals surface area contributed by atoms with E-state index in [0.717, 1.165) is 37.7 Å². The van der Waals surface area contributed by atoms with Gasteiger partial charge in [0, 0.05) is 0 Å². The molecule has 1 aliphatic heterocycles. The van der Waals surface area contributed by atoms with Gasteiger partial charge in [0.05, 0.1) is 6.61 Å². The van der Waals surface area contributed by atoms with Crippen LogP contribution >= 0.6 is 0 Å². The molecule has 0 radical (unpaired) electrons. The highest BCUT2D eigenvalue weighted by molar-refractivity contribution is 5.80. The SMILES string of the molecule is O=C(O)C1(CCCCCCc2ccc(F)cc2)CO1. The Balaban J connectivity index is 1.55. The fraction of sp³-hybridized carbons (Fsp3) is 0.533. The lowest BCUT2D eigenvalue weighted by molar-refractivity contribution is -0.143. The van der Waals surface area contributed by atoms with Gasteiger partial charge in [0.15, 0.2) is 5.60 Å². The Labute approximate surface area is 112 Å². The van der Waals surface area contributed by atoms with Crippen LogP contribution in [0.25, 0.3) is 0 Å². The van der Waals surface area contributed by atoms with Crippen molar-refractivity contribution in [3.05, 3.63) is 35.6 Å². The Kier molecular flexibility index (Phi) is 4.53. The third-order valence-corrected chi connectivity index (χ3v) is 3.59. The molecule has 0 aromatic heterocycles. The van der Waals surface area contributed by atoms with Crippen molar-refractivity contribution in [2.75, 3.05) is 6.61 Å². The molecule has 104 valence electrons. The molecule has 1 aliphatic rings. The van der Waals surface area contributed by atoms with Gasteiger partial charge in [-0.15, -0.1) is 0 Å². The van der Waals surface area contributed by atoms with Crippen LogP contribution in [0.15, 0.2) is 24.3 Å². The molecule has 1 unspecified atom stereocenters. The van der Waals surface area contributed by atoms with E-state index in [4.69, 9.17) is 9.84 Å². The minimum absolute atomic E-state index is 0.202. The molecule has 0 saturated carbocycles. The van der Waals surface area contributed by atoms with Crippen molar-refractivity contribution in [1.82, 2.24) is 0 Å². The summed E-state index contributed by atoms with van der Waals surface area (Å²) in [5, 5.41) is 8.92.